The summed E-state index contributed by atoms with van der Waals surface area (Å²) >= 11 is 0. The van der Waals surface area contributed by atoms with E-state index in [1.165, 1.54) is 30.3 Å². The minimum absolute atomic E-state index is 0.0896. The lowest BCUT2D eigenvalue weighted by Gasteiger charge is -2.47. The first kappa shape index (κ1) is 30.3. The van der Waals surface area contributed by atoms with Crippen LogP contribution in [0.3, 0.4) is 0 Å². The van der Waals surface area contributed by atoms with Gasteiger partial charge in [-0.1, -0.05) is 6.42 Å². The Labute approximate surface area is 243 Å². The van der Waals surface area contributed by atoms with Gasteiger partial charge in [-0.05, 0) is 94.8 Å². The maximum atomic E-state index is 15.1. The number of ether oxygens (including phenoxy) is 2. The van der Waals surface area contributed by atoms with Crippen LogP contribution in [0.15, 0.2) is 36.5 Å². The van der Waals surface area contributed by atoms with Gasteiger partial charge in [0.1, 0.15) is 17.1 Å². The highest BCUT2D eigenvalue weighted by Crippen LogP contribution is 2.53. The second-order valence-electron chi connectivity index (χ2n) is 12.1. The van der Waals surface area contributed by atoms with Gasteiger partial charge in [0.2, 0.25) is 0 Å². The van der Waals surface area contributed by atoms with E-state index in [-0.39, 0.29) is 36.4 Å². The van der Waals surface area contributed by atoms with Crippen LogP contribution in [-0.2, 0) is 9.53 Å². The Morgan fingerprint density at radius 2 is 1.79 bits per heavy atom. The lowest BCUT2D eigenvalue weighted by atomic mass is 9.67. The number of alkyl halides is 3. The predicted octanol–water partition coefficient (Wildman–Crippen LogP) is 5.88. The topological polar surface area (TPSA) is 72.0 Å². The normalized spacial score (nSPS) is 23.0. The third-order valence-corrected chi connectivity index (χ3v) is 9.37. The summed E-state index contributed by atoms with van der Waals surface area (Å²) in [4.78, 5) is 33.2. The van der Waals surface area contributed by atoms with Crippen LogP contribution in [0.1, 0.15) is 62.2 Å². The highest BCUT2D eigenvalue weighted by atomic mass is 19.4. The van der Waals surface area contributed by atoms with E-state index in [1.54, 1.807) is 19.1 Å². The summed E-state index contributed by atoms with van der Waals surface area (Å²) < 4.78 is 66.5. The number of likely N-dealkylation sites (tertiary alicyclic amines) is 2. The van der Waals surface area contributed by atoms with Crippen LogP contribution >= 0.6 is 0 Å². The second-order valence-corrected chi connectivity index (χ2v) is 12.1. The van der Waals surface area contributed by atoms with Crippen molar-refractivity contribution in [1.82, 2.24) is 14.8 Å². The number of amides is 1. The third kappa shape index (κ3) is 5.85. The molecule has 1 aromatic heterocycles. The van der Waals surface area contributed by atoms with E-state index in [2.05, 4.69) is 4.98 Å². The van der Waals surface area contributed by atoms with E-state index in [4.69, 9.17) is 9.47 Å². The number of carbonyl (C=O) groups is 2. The Hall–Kier alpha value is -3.21. The highest BCUT2D eigenvalue weighted by molar-refractivity contribution is 5.98. The summed E-state index contributed by atoms with van der Waals surface area (Å²) in [5.74, 6) is -0.776. The van der Waals surface area contributed by atoms with Gasteiger partial charge in [0.15, 0.2) is 0 Å². The van der Waals surface area contributed by atoms with Crippen molar-refractivity contribution in [2.45, 2.75) is 63.6 Å². The van der Waals surface area contributed by atoms with Crippen molar-refractivity contribution in [1.29, 1.82) is 0 Å². The molecule has 1 aliphatic carbocycles. The van der Waals surface area contributed by atoms with Crippen molar-refractivity contribution in [3.8, 4) is 17.0 Å². The zero-order valence-electron chi connectivity index (χ0n) is 24.0. The van der Waals surface area contributed by atoms with Crippen LogP contribution < -0.4 is 4.74 Å². The predicted molar refractivity (Wildman–Crippen MR) is 147 cm³/mol. The fourth-order valence-electron chi connectivity index (χ4n) is 6.45. The largest absolute Gasteiger partial charge is 0.492 e. The van der Waals surface area contributed by atoms with E-state index in [0.29, 0.717) is 56.9 Å². The number of hydrogen-bond donors (Lipinski definition) is 0. The second kappa shape index (κ2) is 11.8. The summed E-state index contributed by atoms with van der Waals surface area (Å²) in [7, 11) is 1.28. The standard InChI is InChI=1S/C31H37F4N3O4/c1-29(28(40)41-2)11-4-14-38(29)27(39)22-5-7-24(25(32)17-22)26-8-6-23(18-36-26)42-19-21-9-15-37(16-10-21)20-30(12-3-13-30)31(33,34)35/h5-8,17-18,21H,3-4,9-16,19-20H2,1-2H3/t29-/m0/s1. The first-order valence-electron chi connectivity index (χ1n) is 14.5. The van der Waals surface area contributed by atoms with Crippen LogP contribution in [0.4, 0.5) is 17.6 Å². The Bertz CT molecular complexity index is 1290. The molecule has 2 aromatic rings. The summed E-state index contributed by atoms with van der Waals surface area (Å²) in [5, 5.41) is 0. The van der Waals surface area contributed by atoms with Crippen LogP contribution in [0.2, 0.25) is 0 Å². The Morgan fingerprint density at radius 3 is 2.36 bits per heavy atom. The number of benzene rings is 1. The minimum Gasteiger partial charge on any atom is -0.492 e. The molecule has 1 atom stereocenters. The van der Waals surface area contributed by atoms with Gasteiger partial charge in [-0.25, -0.2) is 9.18 Å². The summed E-state index contributed by atoms with van der Waals surface area (Å²) in [5.41, 5.74) is -1.87. The molecular formula is C31H37F4N3O4. The molecule has 0 bridgehead atoms. The van der Waals surface area contributed by atoms with Gasteiger partial charge in [-0.15, -0.1) is 0 Å². The monoisotopic (exact) mass is 591 g/mol. The first-order chi connectivity index (χ1) is 20.0. The van der Waals surface area contributed by atoms with E-state index >= 15 is 4.39 Å². The van der Waals surface area contributed by atoms with E-state index < -0.39 is 34.8 Å². The van der Waals surface area contributed by atoms with Crippen molar-refractivity contribution in [3.63, 3.8) is 0 Å². The number of nitrogens with zero attached hydrogens (tertiary/aromatic N) is 3. The summed E-state index contributed by atoms with van der Waals surface area (Å²) in [6.07, 6.45) is 1.13. The van der Waals surface area contributed by atoms with Crippen molar-refractivity contribution in [2.24, 2.45) is 11.3 Å². The zero-order chi connectivity index (χ0) is 30.1. The average molecular weight is 592 g/mol. The fraction of sp³-hybridized carbons (Fsp3) is 0.581. The van der Waals surface area contributed by atoms with Gasteiger partial charge in [-0.2, -0.15) is 13.2 Å². The van der Waals surface area contributed by atoms with Gasteiger partial charge in [0.05, 0.1) is 31.0 Å². The molecule has 5 rings (SSSR count). The average Bonchev–Trinajstić information content (AvgIpc) is 3.35. The van der Waals surface area contributed by atoms with Crippen LogP contribution in [-0.4, -0.2) is 78.3 Å². The fourth-order valence-corrected chi connectivity index (χ4v) is 6.45. The van der Waals surface area contributed by atoms with Crippen LogP contribution in [0.25, 0.3) is 11.3 Å². The number of methoxy groups -OCH3 is 1. The van der Waals surface area contributed by atoms with Gasteiger partial charge in [0, 0.05) is 24.2 Å². The number of halogens is 4. The Kier molecular flexibility index (Phi) is 8.51. The molecule has 0 N–H and O–H groups in total. The summed E-state index contributed by atoms with van der Waals surface area (Å²) in [6, 6.07) is 7.52. The summed E-state index contributed by atoms with van der Waals surface area (Å²) in [6.45, 7) is 3.82. The number of esters is 1. The Balaban J connectivity index is 1.14. The number of pyridine rings is 1. The van der Waals surface area contributed by atoms with E-state index in [9.17, 15) is 22.8 Å². The third-order valence-electron chi connectivity index (χ3n) is 9.37. The highest BCUT2D eigenvalue weighted by Gasteiger charge is 2.58. The number of carbonyl (C=O) groups excluding carboxylic acids is 2. The van der Waals surface area contributed by atoms with E-state index in [1.807, 2.05) is 4.90 Å². The maximum Gasteiger partial charge on any atom is 0.395 e. The molecule has 0 radical (unpaired) electrons. The molecule has 3 heterocycles. The van der Waals surface area contributed by atoms with Gasteiger partial charge in [-0.3, -0.25) is 9.78 Å². The molecule has 0 spiro atoms. The maximum absolute atomic E-state index is 15.1. The van der Waals surface area contributed by atoms with Crippen molar-refractivity contribution in [3.05, 3.63) is 47.9 Å². The van der Waals surface area contributed by atoms with Gasteiger partial charge < -0.3 is 19.3 Å². The first-order valence-corrected chi connectivity index (χ1v) is 14.5. The molecule has 3 aliphatic rings. The molecule has 1 saturated carbocycles. The van der Waals surface area contributed by atoms with Crippen molar-refractivity contribution >= 4 is 11.9 Å². The molecule has 7 nitrogen and oxygen atoms in total. The molecule has 2 saturated heterocycles. The minimum atomic E-state index is -4.14. The number of rotatable bonds is 8. The number of aromatic nitrogens is 1. The smallest absolute Gasteiger partial charge is 0.395 e. The SMILES string of the molecule is COC(=O)[C@]1(C)CCCN1C(=O)c1ccc(-c2ccc(OCC3CCN(CC4(C(F)(F)F)CCC4)CC3)cn2)c(F)c1. The lowest BCUT2D eigenvalue weighted by molar-refractivity contribution is -0.256. The van der Waals surface area contributed by atoms with Crippen LogP contribution in [0, 0.1) is 17.2 Å². The Morgan fingerprint density at radius 1 is 1.05 bits per heavy atom. The molecule has 0 unspecified atom stereocenters. The quantitative estimate of drug-likeness (QED) is 0.282. The zero-order valence-corrected chi connectivity index (χ0v) is 24.0. The molecule has 3 fully saturated rings. The molecule has 1 aromatic carbocycles. The molecular weight excluding hydrogens is 554 g/mol. The van der Waals surface area contributed by atoms with Gasteiger partial charge >= 0.3 is 12.1 Å². The molecule has 1 amide bonds. The molecule has 228 valence electrons. The van der Waals surface area contributed by atoms with Crippen molar-refractivity contribution in [2.75, 3.05) is 39.9 Å². The van der Waals surface area contributed by atoms with E-state index in [0.717, 1.165) is 18.9 Å². The molecule has 2 aliphatic heterocycles. The van der Waals surface area contributed by atoms with Gasteiger partial charge in [0.25, 0.3) is 5.91 Å². The molecule has 42 heavy (non-hydrogen) atoms. The van der Waals surface area contributed by atoms with Crippen LogP contribution in [0.5, 0.6) is 5.75 Å². The van der Waals surface area contributed by atoms with Crippen molar-refractivity contribution < 1.29 is 36.6 Å². The number of hydrogen-bond acceptors (Lipinski definition) is 6. The lowest BCUT2D eigenvalue weighted by Crippen LogP contribution is -2.53. The molecule has 11 heteroatoms. The number of piperidine rings is 1.